The van der Waals surface area contributed by atoms with Gasteiger partial charge in [0.15, 0.2) is 11.8 Å². The van der Waals surface area contributed by atoms with Crippen LogP contribution in [-0.2, 0) is 16.9 Å². The molecule has 5 nitrogen and oxygen atoms in total. The van der Waals surface area contributed by atoms with Crippen molar-refractivity contribution in [3.8, 4) is 18.1 Å². The lowest BCUT2D eigenvalue weighted by Gasteiger charge is -2.42. The van der Waals surface area contributed by atoms with Crippen molar-refractivity contribution in [3.05, 3.63) is 93.6 Å². The van der Waals surface area contributed by atoms with Crippen LogP contribution in [0, 0.1) is 12.3 Å². The Morgan fingerprint density at radius 1 is 1.12 bits per heavy atom. The summed E-state index contributed by atoms with van der Waals surface area (Å²) in [5.74, 6) is 3.01. The predicted molar refractivity (Wildman–Crippen MR) is 126 cm³/mol. The van der Waals surface area contributed by atoms with Crippen molar-refractivity contribution in [2.45, 2.75) is 12.1 Å². The van der Waals surface area contributed by atoms with Crippen molar-refractivity contribution in [2.75, 3.05) is 11.4 Å². The lowest BCUT2D eigenvalue weighted by Crippen LogP contribution is -2.50. The van der Waals surface area contributed by atoms with Gasteiger partial charge < -0.3 is 14.7 Å². The van der Waals surface area contributed by atoms with E-state index in [4.69, 9.17) is 34.4 Å². The number of terminal acetylenes is 1. The minimum Gasteiger partial charge on any atom is -0.507 e. The quantitative estimate of drug-likeness (QED) is 0.390. The predicted octanol–water partition coefficient (Wildman–Crippen LogP) is 5.41. The number of aliphatic hydroxyl groups excluding tert-OH is 1. The maximum absolute atomic E-state index is 12.8. The largest absolute Gasteiger partial charge is 0.507 e. The van der Waals surface area contributed by atoms with Crippen LogP contribution in [0.25, 0.3) is 5.76 Å². The molecule has 0 saturated heterocycles. The van der Waals surface area contributed by atoms with Gasteiger partial charge >= 0.3 is 0 Å². The van der Waals surface area contributed by atoms with Gasteiger partial charge in [0.05, 0.1) is 27.7 Å². The maximum atomic E-state index is 12.8. The Morgan fingerprint density at radius 3 is 2.59 bits per heavy atom. The SMILES string of the molecule is C#CCN1c2ncccc2C(O)=CC1(C=O)c1c(Cl)ccc(Cl)c1OCc1ccccc1. The molecule has 0 bridgehead atoms. The summed E-state index contributed by atoms with van der Waals surface area (Å²) in [6.45, 7) is 0.218. The van der Waals surface area contributed by atoms with E-state index in [9.17, 15) is 9.90 Å². The number of ether oxygens (including phenoxy) is 1. The molecule has 3 aromatic rings. The average molecular weight is 465 g/mol. The molecule has 1 aliphatic heterocycles. The fraction of sp³-hybridized carbons (Fsp3) is 0.120. The number of aldehydes is 1. The van der Waals surface area contributed by atoms with Gasteiger partial charge in [-0.05, 0) is 35.9 Å². The van der Waals surface area contributed by atoms with E-state index in [1.807, 2.05) is 30.3 Å². The van der Waals surface area contributed by atoms with Crippen molar-refractivity contribution < 1.29 is 14.6 Å². The van der Waals surface area contributed by atoms with E-state index < -0.39 is 5.54 Å². The van der Waals surface area contributed by atoms with Crippen molar-refractivity contribution in [3.63, 3.8) is 0 Å². The third-order valence-corrected chi connectivity index (χ3v) is 5.85. The summed E-state index contributed by atoms with van der Waals surface area (Å²) < 4.78 is 6.08. The molecule has 1 aliphatic rings. The van der Waals surface area contributed by atoms with Crippen LogP contribution in [-0.4, -0.2) is 22.9 Å². The number of pyridine rings is 1. The minimum atomic E-state index is -1.59. The second-order valence-corrected chi connectivity index (χ2v) is 7.96. The standard InChI is InChI=1S/C25H18Cl2N2O3/c1-2-13-29-24-18(9-6-12-28-24)21(31)14-25(29,16-30)22-19(26)10-11-20(27)23(22)32-15-17-7-4-3-5-8-17/h1,3-12,14,16,31H,13,15H2. The topological polar surface area (TPSA) is 62.7 Å². The first kappa shape index (κ1) is 21.8. The summed E-state index contributed by atoms with van der Waals surface area (Å²) in [7, 11) is 0. The zero-order chi connectivity index (χ0) is 22.7. The second kappa shape index (κ2) is 8.96. The number of aromatic nitrogens is 1. The molecule has 1 aromatic heterocycles. The molecule has 0 radical (unpaired) electrons. The Bertz CT molecular complexity index is 1240. The Hall–Kier alpha value is -3.46. The number of rotatable bonds is 6. The number of hydrogen-bond acceptors (Lipinski definition) is 5. The van der Waals surface area contributed by atoms with Crippen LogP contribution in [0.4, 0.5) is 5.82 Å². The molecule has 0 spiro atoms. The minimum absolute atomic E-state index is 0.0213. The molecule has 32 heavy (non-hydrogen) atoms. The maximum Gasteiger partial charge on any atom is 0.154 e. The van der Waals surface area contributed by atoms with E-state index in [2.05, 4.69) is 10.9 Å². The number of halogens is 2. The monoisotopic (exact) mass is 464 g/mol. The molecule has 1 N–H and O–H groups in total. The van der Waals surface area contributed by atoms with Crippen LogP contribution in [0.2, 0.25) is 10.0 Å². The van der Waals surface area contributed by atoms with Gasteiger partial charge in [-0.2, -0.15) is 0 Å². The number of anilines is 1. The van der Waals surface area contributed by atoms with Crippen LogP contribution >= 0.6 is 23.2 Å². The van der Waals surface area contributed by atoms with Crippen LogP contribution < -0.4 is 9.64 Å². The Kier molecular flexibility index (Phi) is 6.09. The normalized spacial score (nSPS) is 17.2. The zero-order valence-electron chi connectivity index (χ0n) is 16.8. The van der Waals surface area contributed by atoms with E-state index >= 15 is 0 Å². The number of carbonyl (C=O) groups is 1. The highest BCUT2D eigenvalue weighted by molar-refractivity contribution is 6.35. The highest BCUT2D eigenvalue weighted by atomic mass is 35.5. The molecule has 2 aromatic carbocycles. The fourth-order valence-electron chi connectivity index (χ4n) is 3.79. The number of hydrogen-bond donors (Lipinski definition) is 1. The van der Waals surface area contributed by atoms with E-state index in [0.29, 0.717) is 17.7 Å². The fourth-order valence-corrected chi connectivity index (χ4v) is 4.30. The first-order valence-corrected chi connectivity index (χ1v) is 10.5. The van der Waals surface area contributed by atoms with Gasteiger partial charge in [0, 0.05) is 6.20 Å². The summed E-state index contributed by atoms with van der Waals surface area (Å²) in [5, 5.41) is 11.3. The smallest absolute Gasteiger partial charge is 0.154 e. The number of carbonyl (C=O) groups excluding carboxylic acids is 1. The van der Waals surface area contributed by atoms with Gasteiger partial charge in [-0.3, -0.25) is 4.79 Å². The third kappa shape index (κ3) is 3.69. The van der Waals surface area contributed by atoms with Crippen molar-refractivity contribution in [2.24, 2.45) is 0 Å². The van der Waals surface area contributed by atoms with Gasteiger partial charge in [-0.1, -0.05) is 59.5 Å². The lowest BCUT2D eigenvalue weighted by atomic mass is 9.84. The van der Waals surface area contributed by atoms with Crippen molar-refractivity contribution >= 4 is 41.1 Å². The first-order valence-electron chi connectivity index (χ1n) is 9.71. The van der Waals surface area contributed by atoms with E-state index in [-0.39, 0.29) is 40.3 Å². The molecule has 0 amide bonds. The van der Waals surface area contributed by atoms with Crippen LogP contribution in [0.3, 0.4) is 0 Å². The van der Waals surface area contributed by atoms with Crippen LogP contribution in [0.1, 0.15) is 16.7 Å². The number of nitrogens with zero attached hydrogens (tertiary/aromatic N) is 2. The van der Waals surface area contributed by atoms with Gasteiger partial charge in [0.1, 0.15) is 23.9 Å². The van der Waals surface area contributed by atoms with Gasteiger partial charge in [0.2, 0.25) is 0 Å². The van der Waals surface area contributed by atoms with Crippen molar-refractivity contribution in [1.29, 1.82) is 0 Å². The summed E-state index contributed by atoms with van der Waals surface area (Å²) in [5.41, 5.74) is 0.0382. The molecule has 160 valence electrons. The van der Waals surface area contributed by atoms with E-state index in [0.717, 1.165) is 5.56 Å². The molecule has 1 unspecified atom stereocenters. The molecular weight excluding hydrogens is 447 g/mol. The van der Waals surface area contributed by atoms with Gasteiger partial charge in [-0.25, -0.2) is 4.98 Å². The lowest BCUT2D eigenvalue weighted by molar-refractivity contribution is -0.111. The summed E-state index contributed by atoms with van der Waals surface area (Å²) in [6.07, 6.45) is 9.25. The zero-order valence-corrected chi connectivity index (χ0v) is 18.3. The number of aliphatic hydroxyl groups is 1. The van der Waals surface area contributed by atoms with E-state index in [1.165, 1.54) is 6.08 Å². The summed E-state index contributed by atoms with van der Waals surface area (Å²) in [4.78, 5) is 18.7. The summed E-state index contributed by atoms with van der Waals surface area (Å²) in [6, 6.07) is 16.1. The third-order valence-electron chi connectivity index (χ3n) is 5.24. The van der Waals surface area contributed by atoms with Crippen LogP contribution in [0.5, 0.6) is 5.75 Å². The first-order chi connectivity index (χ1) is 15.5. The van der Waals surface area contributed by atoms with Crippen molar-refractivity contribution in [1.82, 2.24) is 4.98 Å². The second-order valence-electron chi connectivity index (χ2n) is 7.15. The molecule has 0 fully saturated rings. The Balaban J connectivity index is 1.92. The average Bonchev–Trinajstić information content (AvgIpc) is 2.82. The molecule has 0 aliphatic carbocycles. The highest BCUT2D eigenvalue weighted by Gasteiger charge is 2.46. The molecule has 0 saturated carbocycles. The number of benzene rings is 2. The Labute approximate surface area is 195 Å². The summed E-state index contributed by atoms with van der Waals surface area (Å²) >= 11 is 13.1. The molecular formula is C25H18Cl2N2O3. The highest BCUT2D eigenvalue weighted by Crippen LogP contribution is 2.48. The Morgan fingerprint density at radius 2 is 1.88 bits per heavy atom. The van der Waals surface area contributed by atoms with E-state index in [1.54, 1.807) is 35.4 Å². The van der Waals surface area contributed by atoms with Gasteiger partial charge in [0.25, 0.3) is 0 Å². The molecule has 1 atom stereocenters. The molecule has 7 heteroatoms. The van der Waals surface area contributed by atoms with Gasteiger partial charge in [-0.15, -0.1) is 6.42 Å². The van der Waals surface area contributed by atoms with Crippen LogP contribution in [0.15, 0.2) is 66.9 Å². The molecule has 2 heterocycles. The number of fused-ring (bicyclic) bond motifs is 1. The molecule has 4 rings (SSSR count).